The fourth-order valence-corrected chi connectivity index (χ4v) is 2.13. The maximum absolute atomic E-state index is 11.7. The molecule has 0 amide bonds. The van der Waals surface area contributed by atoms with Gasteiger partial charge in [-0.1, -0.05) is 12.1 Å². The Kier molecular flexibility index (Phi) is 1.91. The molecule has 2 heterocycles. The van der Waals surface area contributed by atoms with Crippen molar-refractivity contribution in [1.29, 1.82) is 0 Å². The van der Waals surface area contributed by atoms with E-state index in [4.69, 9.17) is 4.42 Å². The van der Waals surface area contributed by atoms with E-state index in [1.54, 1.807) is 10.5 Å². The van der Waals surface area contributed by atoms with Crippen LogP contribution in [0.15, 0.2) is 38.1 Å². The van der Waals surface area contributed by atoms with Crippen LogP contribution in [-0.4, -0.2) is 9.38 Å². The van der Waals surface area contributed by atoms with Gasteiger partial charge in [0.1, 0.15) is 4.60 Å². The number of aromatic nitrogens is 2. The van der Waals surface area contributed by atoms with Crippen LogP contribution >= 0.6 is 15.9 Å². The Labute approximate surface area is 98.6 Å². The summed E-state index contributed by atoms with van der Waals surface area (Å²) in [6.07, 6.45) is 0. The smallest absolute Gasteiger partial charge is 0.380 e. The van der Waals surface area contributed by atoms with E-state index in [1.165, 1.54) is 0 Å². The minimum atomic E-state index is -0.424. The molecule has 0 saturated carbocycles. The lowest BCUT2D eigenvalue weighted by Gasteiger charge is -2.01. The molecule has 0 atom stereocenters. The van der Waals surface area contributed by atoms with Gasteiger partial charge in [0.2, 0.25) is 5.65 Å². The number of hydrogen-bond acceptors (Lipinski definition) is 3. The average molecular weight is 279 g/mol. The highest BCUT2D eigenvalue weighted by Crippen LogP contribution is 2.20. The van der Waals surface area contributed by atoms with Gasteiger partial charge in [-0.3, -0.25) is 4.40 Å². The SMILES string of the molecule is Cc1c(Br)nc2c(=O)oc3ccccc3n12. The minimum absolute atomic E-state index is 0.308. The quantitative estimate of drug-likeness (QED) is 0.635. The number of aryl methyl sites for hydroxylation is 1. The second-order valence-corrected chi connectivity index (χ2v) is 4.26. The summed E-state index contributed by atoms with van der Waals surface area (Å²) in [5.74, 6) is 0. The molecule has 0 fully saturated rings. The van der Waals surface area contributed by atoms with Crippen LogP contribution in [0.4, 0.5) is 0 Å². The van der Waals surface area contributed by atoms with Crippen LogP contribution in [-0.2, 0) is 0 Å². The molecule has 0 bridgehead atoms. The fraction of sp³-hybridized carbons (Fsp3) is 0.0909. The third-order valence-electron chi connectivity index (χ3n) is 2.54. The van der Waals surface area contributed by atoms with Gasteiger partial charge in [0, 0.05) is 0 Å². The molecule has 4 nitrogen and oxygen atoms in total. The van der Waals surface area contributed by atoms with Crippen molar-refractivity contribution in [3.05, 3.63) is 45.0 Å². The van der Waals surface area contributed by atoms with Crippen LogP contribution in [0, 0.1) is 6.92 Å². The van der Waals surface area contributed by atoms with E-state index in [2.05, 4.69) is 20.9 Å². The van der Waals surface area contributed by atoms with E-state index in [-0.39, 0.29) is 0 Å². The molecule has 0 saturated heterocycles. The molecule has 0 spiro atoms. The number of hydrogen-bond donors (Lipinski definition) is 0. The Bertz CT molecular complexity index is 758. The highest BCUT2D eigenvalue weighted by atomic mass is 79.9. The Morgan fingerprint density at radius 2 is 2.12 bits per heavy atom. The Morgan fingerprint density at radius 3 is 2.94 bits per heavy atom. The van der Waals surface area contributed by atoms with E-state index in [1.807, 2.05) is 25.1 Å². The number of nitrogens with zero attached hydrogens (tertiary/aromatic N) is 2. The van der Waals surface area contributed by atoms with E-state index in [9.17, 15) is 4.79 Å². The summed E-state index contributed by atoms with van der Waals surface area (Å²) in [5, 5.41) is 0. The molecule has 0 N–H and O–H groups in total. The van der Waals surface area contributed by atoms with Crippen molar-refractivity contribution in [3.8, 4) is 0 Å². The van der Waals surface area contributed by atoms with Gasteiger partial charge in [-0.15, -0.1) is 0 Å². The first kappa shape index (κ1) is 9.59. The van der Waals surface area contributed by atoms with Gasteiger partial charge < -0.3 is 4.42 Å². The van der Waals surface area contributed by atoms with Crippen molar-refractivity contribution in [3.63, 3.8) is 0 Å². The first-order valence-corrected chi connectivity index (χ1v) is 5.54. The predicted octanol–water partition coefficient (Wildman–Crippen LogP) is 2.51. The number of fused-ring (bicyclic) bond motifs is 3. The number of halogens is 1. The summed E-state index contributed by atoms with van der Waals surface area (Å²) in [6, 6.07) is 7.39. The zero-order chi connectivity index (χ0) is 11.3. The predicted molar refractivity (Wildman–Crippen MR) is 63.7 cm³/mol. The van der Waals surface area contributed by atoms with Crippen molar-refractivity contribution in [1.82, 2.24) is 9.38 Å². The van der Waals surface area contributed by atoms with Gasteiger partial charge in [-0.2, -0.15) is 0 Å². The zero-order valence-corrected chi connectivity index (χ0v) is 9.98. The third-order valence-corrected chi connectivity index (χ3v) is 3.29. The lowest BCUT2D eigenvalue weighted by molar-refractivity contribution is 0.560. The summed E-state index contributed by atoms with van der Waals surface area (Å²) < 4.78 is 7.64. The Balaban J connectivity index is 2.73. The van der Waals surface area contributed by atoms with E-state index < -0.39 is 5.63 Å². The molecule has 1 aromatic carbocycles. The molecule has 0 unspecified atom stereocenters. The molecule has 3 rings (SSSR count). The van der Waals surface area contributed by atoms with Crippen LogP contribution in [0.1, 0.15) is 5.69 Å². The Morgan fingerprint density at radius 1 is 1.38 bits per heavy atom. The van der Waals surface area contributed by atoms with Gasteiger partial charge in [-0.05, 0) is 35.0 Å². The second-order valence-electron chi connectivity index (χ2n) is 3.50. The van der Waals surface area contributed by atoms with E-state index in [0.29, 0.717) is 15.8 Å². The van der Waals surface area contributed by atoms with Gasteiger partial charge >= 0.3 is 5.63 Å². The Hall–Kier alpha value is -1.62. The van der Waals surface area contributed by atoms with Crippen LogP contribution in [0.25, 0.3) is 16.7 Å². The highest BCUT2D eigenvalue weighted by molar-refractivity contribution is 9.10. The maximum atomic E-state index is 11.7. The lowest BCUT2D eigenvalue weighted by atomic mass is 10.3. The molecule has 0 aliphatic carbocycles. The fourth-order valence-electron chi connectivity index (χ4n) is 1.78. The summed E-state index contributed by atoms with van der Waals surface area (Å²) >= 11 is 3.32. The summed E-state index contributed by atoms with van der Waals surface area (Å²) in [7, 11) is 0. The normalized spacial score (nSPS) is 11.4. The van der Waals surface area contributed by atoms with Gasteiger partial charge in [0.15, 0.2) is 5.58 Å². The van der Waals surface area contributed by atoms with E-state index in [0.717, 1.165) is 11.2 Å². The van der Waals surface area contributed by atoms with Gasteiger partial charge in [0.05, 0.1) is 11.2 Å². The second kappa shape index (κ2) is 3.18. The average Bonchev–Trinajstić information content (AvgIpc) is 2.57. The van der Waals surface area contributed by atoms with Crippen molar-refractivity contribution in [2.75, 3.05) is 0 Å². The van der Waals surface area contributed by atoms with Crippen LogP contribution in [0.3, 0.4) is 0 Å². The molecule has 80 valence electrons. The molecule has 0 radical (unpaired) electrons. The number of imidazole rings is 1. The third kappa shape index (κ3) is 1.15. The van der Waals surface area contributed by atoms with Crippen LogP contribution in [0.5, 0.6) is 0 Å². The molecule has 0 aliphatic heterocycles. The topological polar surface area (TPSA) is 47.5 Å². The minimum Gasteiger partial charge on any atom is -0.418 e. The van der Waals surface area contributed by atoms with Crippen molar-refractivity contribution < 1.29 is 4.42 Å². The van der Waals surface area contributed by atoms with Crippen molar-refractivity contribution in [2.24, 2.45) is 0 Å². The summed E-state index contributed by atoms with van der Waals surface area (Å²) in [4.78, 5) is 15.8. The number of rotatable bonds is 0. The van der Waals surface area contributed by atoms with Gasteiger partial charge in [-0.25, -0.2) is 9.78 Å². The van der Waals surface area contributed by atoms with E-state index >= 15 is 0 Å². The molecule has 3 aromatic rings. The monoisotopic (exact) mass is 278 g/mol. The van der Waals surface area contributed by atoms with Crippen LogP contribution in [0.2, 0.25) is 0 Å². The molecule has 16 heavy (non-hydrogen) atoms. The highest BCUT2D eigenvalue weighted by Gasteiger charge is 2.13. The standard InChI is InChI=1S/C11H7BrN2O2/c1-6-9(12)13-10-11(15)16-8-5-3-2-4-7(8)14(6)10/h2-5H,1H3. The maximum Gasteiger partial charge on any atom is 0.380 e. The molecular formula is C11H7BrN2O2. The largest absolute Gasteiger partial charge is 0.418 e. The number of para-hydroxylation sites is 2. The first-order valence-electron chi connectivity index (χ1n) is 4.75. The number of benzene rings is 1. The van der Waals surface area contributed by atoms with Crippen molar-refractivity contribution in [2.45, 2.75) is 6.92 Å². The molecule has 2 aromatic heterocycles. The van der Waals surface area contributed by atoms with Crippen molar-refractivity contribution >= 4 is 32.7 Å². The summed E-state index contributed by atoms with van der Waals surface area (Å²) in [5.41, 5.74) is 2.18. The summed E-state index contributed by atoms with van der Waals surface area (Å²) in [6.45, 7) is 1.90. The molecule has 5 heteroatoms. The zero-order valence-electron chi connectivity index (χ0n) is 8.40. The molecular weight excluding hydrogens is 272 g/mol. The molecule has 0 aliphatic rings. The van der Waals surface area contributed by atoms with Crippen LogP contribution < -0.4 is 5.63 Å². The van der Waals surface area contributed by atoms with Gasteiger partial charge in [0.25, 0.3) is 0 Å². The first-order chi connectivity index (χ1) is 7.68. The lowest BCUT2D eigenvalue weighted by Crippen LogP contribution is -2.05.